The zero-order valence-corrected chi connectivity index (χ0v) is 15.2. The first-order chi connectivity index (χ1) is 13.8. The number of hydrogen-bond acceptors (Lipinski definition) is 6. The average Bonchev–Trinajstić information content (AvgIpc) is 2.66. The molecule has 1 aromatic heterocycles. The highest BCUT2D eigenvalue weighted by Crippen LogP contribution is 2.17. The lowest BCUT2D eigenvalue weighted by Gasteiger charge is -2.05. The molecule has 0 spiro atoms. The molecule has 3 aromatic rings. The summed E-state index contributed by atoms with van der Waals surface area (Å²) in [7, 11) is 0. The number of rotatable bonds is 5. The number of nitro groups is 1. The van der Waals surface area contributed by atoms with Crippen molar-refractivity contribution in [2.45, 2.75) is 6.92 Å². The van der Waals surface area contributed by atoms with E-state index in [0.717, 1.165) is 5.56 Å². The number of nitrogens with zero attached hydrogens (tertiary/aromatic N) is 1. The van der Waals surface area contributed by atoms with E-state index in [1.54, 1.807) is 42.5 Å². The summed E-state index contributed by atoms with van der Waals surface area (Å²) in [6, 6.07) is 13.4. The Morgan fingerprint density at radius 2 is 1.79 bits per heavy atom. The van der Waals surface area contributed by atoms with Gasteiger partial charge in [-0.15, -0.1) is 0 Å². The Kier molecular flexibility index (Phi) is 5.49. The van der Waals surface area contributed by atoms with Crippen LogP contribution in [0.15, 0.2) is 58.1 Å². The fraction of sp³-hybridized carbons (Fsp3) is 0.0500. The third-order valence-electron chi connectivity index (χ3n) is 3.91. The molecule has 2 aromatic carbocycles. The van der Waals surface area contributed by atoms with E-state index in [-0.39, 0.29) is 5.69 Å². The van der Waals surface area contributed by atoms with Crippen LogP contribution < -0.4 is 16.0 Å². The van der Waals surface area contributed by atoms with Gasteiger partial charge >= 0.3 is 22.9 Å². The third kappa shape index (κ3) is 4.72. The second-order valence-corrected chi connectivity index (χ2v) is 6.09. The minimum atomic E-state index is -1.09. The van der Waals surface area contributed by atoms with Gasteiger partial charge < -0.3 is 9.72 Å². The maximum Gasteiger partial charge on any atom is 0.357 e. The van der Waals surface area contributed by atoms with Crippen molar-refractivity contribution >= 4 is 23.8 Å². The zero-order valence-electron chi connectivity index (χ0n) is 15.2. The summed E-state index contributed by atoms with van der Waals surface area (Å²) < 4.78 is 5.31. The number of aryl methyl sites for hydroxylation is 1. The van der Waals surface area contributed by atoms with Gasteiger partial charge in [-0.05, 0) is 42.8 Å². The second-order valence-electron chi connectivity index (χ2n) is 6.09. The highest BCUT2D eigenvalue weighted by molar-refractivity contribution is 5.91. The van der Waals surface area contributed by atoms with Gasteiger partial charge in [-0.25, -0.2) is 9.59 Å². The van der Waals surface area contributed by atoms with Crippen molar-refractivity contribution < 1.29 is 14.5 Å². The Morgan fingerprint density at radius 1 is 1.07 bits per heavy atom. The first-order valence-electron chi connectivity index (χ1n) is 8.41. The van der Waals surface area contributed by atoms with Crippen LogP contribution in [0.3, 0.4) is 0 Å². The maximum atomic E-state index is 12.2. The molecule has 0 bridgehead atoms. The summed E-state index contributed by atoms with van der Waals surface area (Å²) >= 11 is 0. The van der Waals surface area contributed by atoms with E-state index in [4.69, 9.17) is 4.74 Å². The first-order valence-corrected chi connectivity index (χ1v) is 8.41. The summed E-state index contributed by atoms with van der Waals surface area (Å²) in [6.45, 7) is 1.87. The number of ether oxygens (including phenoxy) is 1. The molecule has 3 rings (SSSR count). The van der Waals surface area contributed by atoms with Crippen LogP contribution >= 0.6 is 0 Å². The molecular weight excluding hydrogens is 378 g/mol. The quantitative estimate of drug-likeness (QED) is 0.296. The number of hydrogen-bond donors (Lipinski definition) is 2. The highest BCUT2D eigenvalue weighted by atomic mass is 16.6. The average molecular weight is 393 g/mol. The summed E-state index contributed by atoms with van der Waals surface area (Å²) in [4.78, 5) is 49.3. The molecule has 9 nitrogen and oxygen atoms in total. The van der Waals surface area contributed by atoms with E-state index in [1.807, 2.05) is 18.0 Å². The molecule has 2 N–H and O–H groups in total. The molecule has 0 atom stereocenters. The van der Waals surface area contributed by atoms with Crippen LogP contribution in [0.1, 0.15) is 27.2 Å². The van der Waals surface area contributed by atoms with Gasteiger partial charge in [-0.1, -0.05) is 35.9 Å². The molecule has 0 aliphatic carbocycles. The summed E-state index contributed by atoms with van der Waals surface area (Å²) in [6.07, 6.45) is 2.73. The van der Waals surface area contributed by atoms with Crippen molar-refractivity contribution in [2.75, 3.05) is 0 Å². The number of carbonyl (C=O) groups is 1. The van der Waals surface area contributed by atoms with Crippen molar-refractivity contribution in [1.82, 2.24) is 9.97 Å². The molecule has 0 fully saturated rings. The van der Waals surface area contributed by atoms with Crippen molar-refractivity contribution in [2.24, 2.45) is 0 Å². The number of aromatic amines is 2. The van der Waals surface area contributed by atoms with Crippen LogP contribution in [-0.2, 0) is 0 Å². The van der Waals surface area contributed by atoms with Crippen LogP contribution in [0.2, 0.25) is 0 Å². The Morgan fingerprint density at radius 3 is 2.45 bits per heavy atom. The molecule has 0 radical (unpaired) electrons. The van der Waals surface area contributed by atoms with Crippen LogP contribution in [-0.4, -0.2) is 20.9 Å². The Hall–Kier alpha value is -4.27. The van der Waals surface area contributed by atoms with Crippen molar-refractivity contribution in [3.05, 3.63) is 102 Å². The van der Waals surface area contributed by atoms with Gasteiger partial charge in [0.05, 0.1) is 10.5 Å². The number of benzene rings is 2. The molecule has 146 valence electrons. The van der Waals surface area contributed by atoms with Gasteiger partial charge in [0.1, 0.15) is 11.4 Å². The first kappa shape index (κ1) is 19.5. The largest absolute Gasteiger partial charge is 0.423 e. The predicted octanol–water partition coefficient (Wildman–Crippen LogP) is 2.67. The molecule has 0 saturated carbocycles. The van der Waals surface area contributed by atoms with Crippen LogP contribution in [0.5, 0.6) is 5.75 Å². The molecule has 9 heteroatoms. The van der Waals surface area contributed by atoms with E-state index in [0.29, 0.717) is 16.9 Å². The van der Waals surface area contributed by atoms with E-state index >= 15 is 0 Å². The fourth-order valence-electron chi connectivity index (χ4n) is 2.56. The minimum absolute atomic E-state index is 0.223. The van der Waals surface area contributed by atoms with Gasteiger partial charge in [-0.2, -0.15) is 0 Å². The van der Waals surface area contributed by atoms with Gasteiger partial charge in [0.25, 0.3) is 0 Å². The van der Waals surface area contributed by atoms with Gasteiger partial charge in [0, 0.05) is 0 Å². The molecule has 0 amide bonds. The molecule has 0 aliphatic heterocycles. The molecule has 0 saturated heterocycles. The Labute approximate surface area is 163 Å². The second kappa shape index (κ2) is 8.17. The highest BCUT2D eigenvalue weighted by Gasteiger charge is 2.18. The number of carbonyl (C=O) groups excluding carboxylic acids is 1. The minimum Gasteiger partial charge on any atom is -0.423 e. The van der Waals surface area contributed by atoms with E-state index < -0.39 is 27.8 Å². The van der Waals surface area contributed by atoms with Crippen LogP contribution in [0, 0.1) is 17.0 Å². The fourth-order valence-corrected chi connectivity index (χ4v) is 2.56. The SMILES string of the molecule is Cc1cccc(C(=O)Oc2ccc(C=Cc3[nH]c(=O)[nH]c(=O)c3[N+](=O)[O-])cc2)c1. The van der Waals surface area contributed by atoms with Gasteiger partial charge in [0.15, 0.2) is 0 Å². The number of nitrogens with one attached hydrogen (secondary N) is 2. The van der Waals surface area contributed by atoms with Gasteiger partial charge in [0.2, 0.25) is 0 Å². The lowest BCUT2D eigenvalue weighted by atomic mass is 10.1. The lowest BCUT2D eigenvalue weighted by molar-refractivity contribution is -0.386. The lowest BCUT2D eigenvalue weighted by Crippen LogP contribution is -2.25. The van der Waals surface area contributed by atoms with Crippen molar-refractivity contribution in [3.8, 4) is 5.75 Å². The van der Waals surface area contributed by atoms with Gasteiger partial charge in [-0.3, -0.25) is 19.9 Å². The molecular formula is C20H15N3O6. The topological polar surface area (TPSA) is 135 Å². The number of H-pyrrole nitrogens is 2. The summed E-state index contributed by atoms with van der Waals surface area (Å²) in [5.74, 6) is -0.169. The Balaban J connectivity index is 1.78. The monoisotopic (exact) mass is 393 g/mol. The third-order valence-corrected chi connectivity index (χ3v) is 3.91. The molecule has 0 unspecified atom stereocenters. The van der Waals surface area contributed by atoms with Crippen LogP contribution in [0.25, 0.3) is 12.2 Å². The maximum absolute atomic E-state index is 12.2. The van der Waals surface area contributed by atoms with Crippen molar-refractivity contribution in [1.29, 1.82) is 0 Å². The van der Waals surface area contributed by atoms with E-state index in [9.17, 15) is 24.5 Å². The molecule has 0 aliphatic rings. The number of aromatic nitrogens is 2. The number of esters is 1. The molecule has 1 heterocycles. The van der Waals surface area contributed by atoms with Crippen molar-refractivity contribution in [3.63, 3.8) is 0 Å². The predicted molar refractivity (Wildman–Crippen MR) is 106 cm³/mol. The zero-order chi connectivity index (χ0) is 21.0. The van der Waals surface area contributed by atoms with E-state index in [2.05, 4.69) is 4.98 Å². The summed E-state index contributed by atoms with van der Waals surface area (Å²) in [5, 5.41) is 11.0. The standard InChI is InChI=1S/C20H15N3O6/c1-12-3-2-4-14(11-12)19(25)29-15-8-5-13(6-9-15)7-10-16-17(23(27)28)18(24)22-20(26)21-16/h2-11H,1H3,(H2,21,22,24,26). The normalized spacial score (nSPS) is 10.8. The smallest absolute Gasteiger partial charge is 0.357 e. The van der Waals surface area contributed by atoms with E-state index in [1.165, 1.54) is 12.2 Å². The molecule has 29 heavy (non-hydrogen) atoms. The Bertz CT molecular complexity index is 1220. The van der Waals surface area contributed by atoms with Crippen LogP contribution in [0.4, 0.5) is 5.69 Å². The summed E-state index contributed by atoms with van der Waals surface area (Å²) in [5.41, 5.74) is -0.944.